The van der Waals surface area contributed by atoms with Crippen molar-refractivity contribution < 1.29 is 18.8 Å². The van der Waals surface area contributed by atoms with E-state index in [1.165, 1.54) is 0 Å². The van der Waals surface area contributed by atoms with Gasteiger partial charge in [-0.25, -0.2) is 0 Å². The van der Waals surface area contributed by atoms with Crippen molar-refractivity contribution in [3.8, 4) is 11.3 Å². The Kier molecular flexibility index (Phi) is 5.48. The summed E-state index contributed by atoms with van der Waals surface area (Å²) in [5.74, 6) is 0.163. The summed E-state index contributed by atoms with van der Waals surface area (Å²) >= 11 is 0. The first-order valence-corrected chi connectivity index (χ1v) is 8.62. The van der Waals surface area contributed by atoms with Gasteiger partial charge in [-0.1, -0.05) is 35.5 Å². The van der Waals surface area contributed by atoms with Gasteiger partial charge in [-0.05, 0) is 19.8 Å². The minimum Gasteiger partial charge on any atom is -0.466 e. The molecule has 2 heterocycles. The normalized spacial score (nSPS) is 17.3. The second-order valence-corrected chi connectivity index (χ2v) is 6.16. The maximum absolute atomic E-state index is 12.5. The first-order valence-electron chi connectivity index (χ1n) is 8.62. The third-order valence-corrected chi connectivity index (χ3v) is 4.34. The second kappa shape index (κ2) is 7.96. The van der Waals surface area contributed by atoms with Crippen LogP contribution in [0.2, 0.25) is 0 Å². The van der Waals surface area contributed by atoms with Crippen LogP contribution in [0.4, 0.5) is 0 Å². The number of benzene rings is 1. The van der Waals surface area contributed by atoms with Crippen molar-refractivity contribution in [1.82, 2.24) is 10.1 Å². The van der Waals surface area contributed by atoms with E-state index in [0.717, 1.165) is 18.4 Å². The Hall–Kier alpha value is -2.63. The molecule has 1 atom stereocenters. The molecule has 132 valence electrons. The summed E-state index contributed by atoms with van der Waals surface area (Å²) in [4.78, 5) is 26.2. The average molecular weight is 342 g/mol. The van der Waals surface area contributed by atoms with Crippen LogP contribution in [0.15, 0.2) is 40.9 Å². The highest BCUT2D eigenvalue weighted by molar-refractivity contribution is 5.80. The summed E-state index contributed by atoms with van der Waals surface area (Å²) < 4.78 is 10.4. The minimum atomic E-state index is -0.227. The molecule has 1 amide bonds. The van der Waals surface area contributed by atoms with Crippen molar-refractivity contribution in [3.05, 3.63) is 42.1 Å². The van der Waals surface area contributed by atoms with E-state index in [1.54, 1.807) is 17.9 Å². The largest absolute Gasteiger partial charge is 0.466 e. The molecule has 6 heteroatoms. The lowest BCUT2D eigenvalue weighted by molar-refractivity contribution is -0.151. The van der Waals surface area contributed by atoms with E-state index >= 15 is 0 Å². The van der Waals surface area contributed by atoms with Gasteiger partial charge in [-0.2, -0.15) is 0 Å². The van der Waals surface area contributed by atoms with E-state index in [-0.39, 0.29) is 24.2 Å². The number of ether oxygens (including phenoxy) is 1. The predicted octanol–water partition coefficient (Wildman–Crippen LogP) is 2.69. The van der Waals surface area contributed by atoms with Crippen LogP contribution < -0.4 is 0 Å². The molecule has 1 aliphatic heterocycles. The molecule has 0 aliphatic carbocycles. The van der Waals surface area contributed by atoms with Gasteiger partial charge >= 0.3 is 5.97 Å². The first-order chi connectivity index (χ1) is 12.2. The Bertz CT molecular complexity index is 726. The Morgan fingerprint density at radius 3 is 2.88 bits per heavy atom. The van der Waals surface area contributed by atoms with Crippen molar-refractivity contribution >= 4 is 11.9 Å². The lowest BCUT2D eigenvalue weighted by atomic mass is 9.98. The zero-order valence-electron chi connectivity index (χ0n) is 14.3. The van der Waals surface area contributed by atoms with Crippen LogP contribution in [-0.4, -0.2) is 41.6 Å². The van der Waals surface area contributed by atoms with Crippen LogP contribution in [0.1, 0.15) is 25.5 Å². The molecule has 0 saturated carbocycles. The van der Waals surface area contributed by atoms with E-state index in [0.29, 0.717) is 31.2 Å². The molecule has 3 rings (SSSR count). The number of carbonyl (C=O) groups excluding carboxylic acids is 2. The van der Waals surface area contributed by atoms with Crippen LogP contribution in [0, 0.1) is 5.92 Å². The summed E-state index contributed by atoms with van der Waals surface area (Å²) in [6, 6.07) is 11.4. The minimum absolute atomic E-state index is 0.0399. The smallest absolute Gasteiger partial charge is 0.310 e. The van der Waals surface area contributed by atoms with E-state index < -0.39 is 0 Å². The molecule has 0 spiro atoms. The zero-order chi connectivity index (χ0) is 17.6. The Labute approximate surface area is 146 Å². The second-order valence-electron chi connectivity index (χ2n) is 6.16. The van der Waals surface area contributed by atoms with E-state index in [2.05, 4.69) is 5.16 Å². The highest BCUT2D eigenvalue weighted by atomic mass is 16.5. The maximum Gasteiger partial charge on any atom is 0.310 e. The molecule has 1 aromatic carbocycles. The van der Waals surface area contributed by atoms with Gasteiger partial charge in [0.1, 0.15) is 0 Å². The molecular formula is C19H22N2O4. The van der Waals surface area contributed by atoms with Gasteiger partial charge in [0.15, 0.2) is 5.76 Å². The fourth-order valence-electron chi connectivity index (χ4n) is 3.06. The van der Waals surface area contributed by atoms with Crippen LogP contribution >= 0.6 is 0 Å². The van der Waals surface area contributed by atoms with Gasteiger partial charge in [0.2, 0.25) is 5.91 Å². The lowest BCUT2D eigenvalue weighted by Gasteiger charge is -2.31. The Morgan fingerprint density at radius 1 is 1.32 bits per heavy atom. The average Bonchev–Trinajstić information content (AvgIpc) is 3.11. The molecule has 0 bridgehead atoms. The number of piperidine rings is 1. The molecule has 0 radical (unpaired) electrons. The number of rotatable bonds is 5. The molecule has 0 unspecified atom stereocenters. The number of carbonyl (C=O) groups is 2. The maximum atomic E-state index is 12.5. The van der Waals surface area contributed by atoms with Gasteiger partial charge in [-0.3, -0.25) is 9.59 Å². The van der Waals surface area contributed by atoms with E-state index in [4.69, 9.17) is 9.26 Å². The molecular weight excluding hydrogens is 320 g/mol. The van der Waals surface area contributed by atoms with Gasteiger partial charge in [-0.15, -0.1) is 0 Å². The van der Waals surface area contributed by atoms with Gasteiger partial charge in [0.25, 0.3) is 0 Å². The molecule has 1 fully saturated rings. The van der Waals surface area contributed by atoms with Crippen molar-refractivity contribution in [2.75, 3.05) is 19.7 Å². The van der Waals surface area contributed by atoms with Gasteiger partial charge in [0.05, 0.1) is 24.6 Å². The quantitative estimate of drug-likeness (QED) is 0.781. The topological polar surface area (TPSA) is 72.6 Å². The van der Waals surface area contributed by atoms with Crippen LogP contribution in [0.5, 0.6) is 0 Å². The fourth-order valence-corrected chi connectivity index (χ4v) is 3.06. The highest BCUT2D eigenvalue weighted by Gasteiger charge is 2.29. The summed E-state index contributed by atoms with van der Waals surface area (Å²) in [7, 11) is 0. The highest BCUT2D eigenvalue weighted by Crippen LogP contribution is 2.22. The third kappa shape index (κ3) is 4.26. The van der Waals surface area contributed by atoms with Crippen LogP contribution in [0.25, 0.3) is 11.3 Å². The number of nitrogens with zero attached hydrogens (tertiary/aromatic N) is 2. The van der Waals surface area contributed by atoms with Crippen LogP contribution in [-0.2, 0) is 20.7 Å². The first kappa shape index (κ1) is 17.2. The molecule has 25 heavy (non-hydrogen) atoms. The number of amides is 1. The molecule has 0 N–H and O–H groups in total. The molecule has 6 nitrogen and oxygen atoms in total. The van der Waals surface area contributed by atoms with Crippen molar-refractivity contribution in [2.45, 2.75) is 26.2 Å². The molecule has 1 aliphatic rings. The Morgan fingerprint density at radius 2 is 2.12 bits per heavy atom. The molecule has 2 aromatic rings. The lowest BCUT2D eigenvalue weighted by Crippen LogP contribution is -2.43. The van der Waals surface area contributed by atoms with Gasteiger partial charge < -0.3 is 14.2 Å². The number of aromatic nitrogens is 1. The van der Waals surface area contributed by atoms with Gasteiger partial charge in [0, 0.05) is 24.7 Å². The van der Waals surface area contributed by atoms with Crippen molar-refractivity contribution in [3.63, 3.8) is 0 Å². The van der Waals surface area contributed by atoms with Crippen molar-refractivity contribution in [1.29, 1.82) is 0 Å². The molecule has 1 saturated heterocycles. The number of esters is 1. The summed E-state index contributed by atoms with van der Waals surface area (Å²) in [5, 5.41) is 4.00. The predicted molar refractivity (Wildman–Crippen MR) is 91.6 cm³/mol. The summed E-state index contributed by atoms with van der Waals surface area (Å²) in [6.07, 6.45) is 1.75. The summed E-state index contributed by atoms with van der Waals surface area (Å²) in [6.45, 7) is 3.24. The van der Waals surface area contributed by atoms with E-state index in [1.807, 2.05) is 30.3 Å². The number of likely N-dealkylation sites (tertiary alicyclic amines) is 1. The van der Waals surface area contributed by atoms with E-state index in [9.17, 15) is 9.59 Å². The third-order valence-electron chi connectivity index (χ3n) is 4.34. The SMILES string of the molecule is CCOC(=O)[C@@H]1CCCN(C(=O)Cc2cc(-c3ccccc3)on2)C1. The van der Waals surface area contributed by atoms with Crippen molar-refractivity contribution in [2.24, 2.45) is 5.92 Å². The molecule has 1 aromatic heterocycles. The zero-order valence-corrected chi connectivity index (χ0v) is 14.3. The standard InChI is InChI=1S/C19H22N2O4/c1-2-24-19(23)15-9-6-10-21(13-15)18(22)12-16-11-17(25-20-16)14-7-4-3-5-8-14/h3-5,7-8,11,15H,2,6,9-10,12-13H2,1H3/t15-/m1/s1. The summed E-state index contributed by atoms with van der Waals surface area (Å²) in [5.41, 5.74) is 1.52. The Balaban J connectivity index is 1.60. The fraction of sp³-hybridized carbons (Fsp3) is 0.421. The van der Waals surface area contributed by atoms with Crippen LogP contribution in [0.3, 0.4) is 0 Å². The monoisotopic (exact) mass is 342 g/mol. The number of hydrogen-bond donors (Lipinski definition) is 0. The number of hydrogen-bond acceptors (Lipinski definition) is 5.